The lowest BCUT2D eigenvalue weighted by atomic mass is 10.1. The highest BCUT2D eigenvalue weighted by atomic mass is 35.5. The SMILES string of the molecule is CCNC(=O)C(C)N(Cc1ccc(Cl)cc1)C(=O)CCc1ccc(S(=O)(=O)N2CCCC2)cc1. The Morgan fingerprint density at radius 2 is 1.62 bits per heavy atom. The quantitative estimate of drug-likeness (QED) is 0.534. The first-order chi connectivity index (χ1) is 16.2. The van der Waals surface area contributed by atoms with Gasteiger partial charge in [0.1, 0.15) is 6.04 Å². The summed E-state index contributed by atoms with van der Waals surface area (Å²) in [5.74, 6) is -0.358. The Morgan fingerprint density at radius 1 is 1.03 bits per heavy atom. The fourth-order valence-electron chi connectivity index (χ4n) is 3.99. The van der Waals surface area contributed by atoms with E-state index in [9.17, 15) is 18.0 Å². The van der Waals surface area contributed by atoms with Crippen LogP contribution in [-0.4, -0.2) is 55.1 Å². The Labute approximate surface area is 207 Å². The summed E-state index contributed by atoms with van der Waals surface area (Å²) in [4.78, 5) is 27.5. The second-order valence-corrected chi connectivity index (χ2v) is 10.8. The van der Waals surface area contributed by atoms with Crippen LogP contribution in [0.4, 0.5) is 0 Å². The molecule has 0 aromatic heterocycles. The largest absolute Gasteiger partial charge is 0.355 e. The number of carbonyl (C=O) groups is 2. The number of hydrogen-bond acceptors (Lipinski definition) is 4. The van der Waals surface area contributed by atoms with Gasteiger partial charge in [0.2, 0.25) is 21.8 Å². The fourth-order valence-corrected chi connectivity index (χ4v) is 5.63. The van der Waals surface area contributed by atoms with E-state index in [1.807, 2.05) is 19.1 Å². The smallest absolute Gasteiger partial charge is 0.243 e. The first-order valence-corrected chi connectivity index (χ1v) is 13.4. The van der Waals surface area contributed by atoms with Crippen molar-refractivity contribution in [1.29, 1.82) is 0 Å². The summed E-state index contributed by atoms with van der Waals surface area (Å²) in [7, 11) is -3.46. The maximum Gasteiger partial charge on any atom is 0.243 e. The Morgan fingerprint density at radius 3 is 2.21 bits per heavy atom. The number of benzene rings is 2. The molecule has 1 fully saturated rings. The predicted octanol–water partition coefficient (Wildman–Crippen LogP) is 3.61. The molecular weight excluding hydrogens is 474 g/mol. The molecule has 1 saturated heterocycles. The molecule has 7 nitrogen and oxygen atoms in total. The summed E-state index contributed by atoms with van der Waals surface area (Å²) < 4.78 is 26.9. The average molecular weight is 506 g/mol. The molecule has 184 valence electrons. The van der Waals surface area contributed by atoms with E-state index < -0.39 is 16.1 Å². The second-order valence-electron chi connectivity index (χ2n) is 8.47. The van der Waals surface area contributed by atoms with Crippen molar-refractivity contribution in [3.63, 3.8) is 0 Å². The number of aryl methyl sites for hydroxylation is 1. The first-order valence-electron chi connectivity index (χ1n) is 11.6. The van der Waals surface area contributed by atoms with Crippen molar-refractivity contribution in [2.75, 3.05) is 19.6 Å². The lowest BCUT2D eigenvalue weighted by Crippen LogP contribution is -2.47. The molecule has 9 heteroatoms. The highest BCUT2D eigenvalue weighted by molar-refractivity contribution is 7.89. The predicted molar refractivity (Wildman–Crippen MR) is 133 cm³/mol. The summed E-state index contributed by atoms with van der Waals surface area (Å²) in [6, 6.07) is 13.3. The van der Waals surface area contributed by atoms with Gasteiger partial charge in [-0.15, -0.1) is 0 Å². The van der Waals surface area contributed by atoms with Crippen LogP contribution < -0.4 is 5.32 Å². The zero-order chi connectivity index (χ0) is 24.7. The first kappa shape index (κ1) is 26.2. The highest BCUT2D eigenvalue weighted by Gasteiger charge is 2.28. The van der Waals surface area contributed by atoms with Crippen LogP contribution in [0.3, 0.4) is 0 Å². The molecule has 1 heterocycles. The Kier molecular flexibility index (Phi) is 9.10. The van der Waals surface area contributed by atoms with Crippen LogP contribution in [-0.2, 0) is 32.6 Å². The van der Waals surface area contributed by atoms with Crippen molar-refractivity contribution < 1.29 is 18.0 Å². The topological polar surface area (TPSA) is 86.8 Å². The molecule has 0 aliphatic carbocycles. The Bertz CT molecular complexity index is 1080. The van der Waals surface area contributed by atoms with Gasteiger partial charge in [-0.25, -0.2) is 8.42 Å². The maximum absolute atomic E-state index is 13.2. The molecule has 34 heavy (non-hydrogen) atoms. The minimum absolute atomic E-state index is 0.150. The summed E-state index contributed by atoms with van der Waals surface area (Å²) in [5, 5.41) is 3.38. The number of nitrogens with zero attached hydrogens (tertiary/aromatic N) is 2. The van der Waals surface area contributed by atoms with E-state index in [0.717, 1.165) is 24.0 Å². The number of carbonyl (C=O) groups excluding carboxylic acids is 2. The van der Waals surface area contributed by atoms with Crippen molar-refractivity contribution in [2.24, 2.45) is 0 Å². The van der Waals surface area contributed by atoms with Gasteiger partial charge in [-0.2, -0.15) is 4.31 Å². The molecule has 0 spiro atoms. The van der Waals surface area contributed by atoms with Crippen LogP contribution in [0.25, 0.3) is 0 Å². The Balaban J connectivity index is 1.68. The van der Waals surface area contributed by atoms with Crippen molar-refractivity contribution >= 4 is 33.4 Å². The third-order valence-electron chi connectivity index (χ3n) is 6.04. The van der Waals surface area contributed by atoms with E-state index >= 15 is 0 Å². The van der Waals surface area contributed by atoms with Crippen molar-refractivity contribution in [3.05, 3.63) is 64.7 Å². The van der Waals surface area contributed by atoms with Gasteiger partial charge in [-0.05, 0) is 68.5 Å². The molecule has 2 aromatic carbocycles. The van der Waals surface area contributed by atoms with Crippen molar-refractivity contribution in [3.8, 4) is 0 Å². The van der Waals surface area contributed by atoms with Crippen LogP contribution >= 0.6 is 11.6 Å². The van der Waals surface area contributed by atoms with Gasteiger partial charge < -0.3 is 10.2 Å². The fraction of sp³-hybridized carbons (Fsp3) is 0.440. The average Bonchev–Trinajstić information content (AvgIpc) is 3.38. The van der Waals surface area contributed by atoms with Crippen molar-refractivity contribution in [1.82, 2.24) is 14.5 Å². The normalized spacial score (nSPS) is 15.1. The number of hydrogen-bond donors (Lipinski definition) is 1. The molecule has 2 aromatic rings. The number of rotatable bonds is 10. The molecule has 1 aliphatic rings. The second kappa shape index (κ2) is 11.8. The molecule has 1 aliphatic heterocycles. The lowest BCUT2D eigenvalue weighted by Gasteiger charge is -2.29. The number of nitrogens with one attached hydrogen (secondary N) is 1. The van der Waals surface area contributed by atoms with E-state index in [1.54, 1.807) is 48.2 Å². The molecule has 0 saturated carbocycles. The standard InChI is InChI=1S/C25H32ClN3O4S/c1-3-27-25(31)19(2)29(18-21-6-11-22(26)12-7-21)24(30)15-10-20-8-13-23(14-9-20)34(32,33)28-16-4-5-17-28/h6-9,11-14,19H,3-5,10,15-18H2,1-2H3,(H,27,31). The van der Waals surface area contributed by atoms with Gasteiger partial charge in [0.15, 0.2) is 0 Å². The van der Waals surface area contributed by atoms with E-state index in [4.69, 9.17) is 11.6 Å². The molecule has 3 rings (SSSR count). The molecule has 0 bridgehead atoms. The van der Waals surface area contributed by atoms with Crippen LogP contribution in [0.2, 0.25) is 5.02 Å². The lowest BCUT2D eigenvalue weighted by molar-refractivity contribution is -0.140. The van der Waals surface area contributed by atoms with Gasteiger partial charge in [-0.1, -0.05) is 35.9 Å². The van der Waals surface area contributed by atoms with Crippen LogP contribution in [0.1, 0.15) is 44.2 Å². The summed E-state index contributed by atoms with van der Waals surface area (Å²) in [6.45, 7) is 5.46. The summed E-state index contributed by atoms with van der Waals surface area (Å²) >= 11 is 5.97. The van der Waals surface area contributed by atoms with Gasteiger partial charge in [0, 0.05) is 37.6 Å². The molecule has 2 amide bonds. The maximum atomic E-state index is 13.2. The number of amides is 2. The third-order valence-corrected chi connectivity index (χ3v) is 8.20. The molecule has 1 unspecified atom stereocenters. The molecule has 1 atom stereocenters. The minimum Gasteiger partial charge on any atom is -0.355 e. The van der Waals surface area contributed by atoms with E-state index in [1.165, 1.54) is 4.31 Å². The number of likely N-dealkylation sites (N-methyl/N-ethyl adjacent to an activating group) is 1. The van der Waals surface area contributed by atoms with E-state index in [2.05, 4.69) is 5.32 Å². The Hall–Kier alpha value is -2.42. The van der Waals surface area contributed by atoms with Gasteiger partial charge in [-0.3, -0.25) is 9.59 Å². The zero-order valence-electron chi connectivity index (χ0n) is 19.7. The number of sulfonamides is 1. The van der Waals surface area contributed by atoms with Crippen LogP contribution in [0, 0.1) is 0 Å². The van der Waals surface area contributed by atoms with Crippen LogP contribution in [0.5, 0.6) is 0 Å². The van der Waals surface area contributed by atoms with Crippen LogP contribution in [0.15, 0.2) is 53.4 Å². The summed E-state index contributed by atoms with van der Waals surface area (Å²) in [6.07, 6.45) is 2.43. The number of halogens is 1. The monoisotopic (exact) mass is 505 g/mol. The third kappa shape index (κ3) is 6.58. The molecule has 1 N–H and O–H groups in total. The highest BCUT2D eigenvalue weighted by Crippen LogP contribution is 2.22. The minimum atomic E-state index is -3.46. The zero-order valence-corrected chi connectivity index (χ0v) is 21.2. The van der Waals surface area contributed by atoms with Gasteiger partial charge >= 0.3 is 0 Å². The van der Waals surface area contributed by atoms with E-state index in [-0.39, 0.29) is 23.1 Å². The molecular formula is C25H32ClN3O4S. The van der Waals surface area contributed by atoms with Gasteiger partial charge in [0.05, 0.1) is 4.90 Å². The van der Waals surface area contributed by atoms with E-state index in [0.29, 0.717) is 37.6 Å². The van der Waals surface area contributed by atoms with Crippen molar-refractivity contribution in [2.45, 2.75) is 57.0 Å². The van der Waals surface area contributed by atoms with Gasteiger partial charge in [0.25, 0.3) is 0 Å². The molecule has 0 radical (unpaired) electrons. The summed E-state index contributed by atoms with van der Waals surface area (Å²) in [5.41, 5.74) is 1.75.